The van der Waals surface area contributed by atoms with E-state index in [0.29, 0.717) is 30.2 Å². The van der Waals surface area contributed by atoms with Crippen LogP contribution in [0.5, 0.6) is 0 Å². The fourth-order valence-corrected chi connectivity index (χ4v) is 1.69. The summed E-state index contributed by atoms with van der Waals surface area (Å²) in [5, 5.41) is 3.88. The Labute approximate surface area is 97.0 Å². The van der Waals surface area contributed by atoms with E-state index in [1.807, 2.05) is 19.0 Å². The zero-order valence-corrected chi connectivity index (χ0v) is 10.6. The number of hydrogen-bond donors (Lipinski definition) is 1. The van der Waals surface area contributed by atoms with Crippen LogP contribution in [0.2, 0.25) is 0 Å². The molecule has 0 aliphatic carbocycles. The predicted octanol–water partition coefficient (Wildman–Crippen LogP) is 1.30. The molecule has 0 aromatic carbocycles. The van der Waals surface area contributed by atoms with E-state index in [-0.39, 0.29) is 0 Å². The van der Waals surface area contributed by atoms with Gasteiger partial charge in [-0.2, -0.15) is 4.98 Å². The predicted molar refractivity (Wildman–Crippen MR) is 64.3 cm³/mol. The summed E-state index contributed by atoms with van der Waals surface area (Å²) < 4.78 is 5.18. The third-order valence-corrected chi connectivity index (χ3v) is 2.46. The van der Waals surface area contributed by atoms with Gasteiger partial charge in [0.2, 0.25) is 5.89 Å². The van der Waals surface area contributed by atoms with E-state index < -0.39 is 0 Å². The van der Waals surface area contributed by atoms with Crippen molar-refractivity contribution in [3.05, 3.63) is 5.89 Å². The lowest BCUT2D eigenvalue weighted by atomic mass is 9.94. The Morgan fingerprint density at radius 3 is 2.50 bits per heavy atom. The van der Waals surface area contributed by atoms with Crippen molar-refractivity contribution in [1.29, 1.82) is 0 Å². The molecule has 1 heterocycles. The van der Waals surface area contributed by atoms with E-state index in [2.05, 4.69) is 24.0 Å². The van der Waals surface area contributed by atoms with Crippen LogP contribution in [0.1, 0.15) is 26.2 Å². The van der Waals surface area contributed by atoms with Crippen LogP contribution >= 0.6 is 0 Å². The lowest BCUT2D eigenvalue weighted by Crippen LogP contribution is -2.19. The molecule has 0 fully saturated rings. The first-order valence-corrected chi connectivity index (χ1v) is 5.73. The van der Waals surface area contributed by atoms with E-state index in [4.69, 9.17) is 10.3 Å². The van der Waals surface area contributed by atoms with Gasteiger partial charge < -0.3 is 15.2 Å². The smallest absolute Gasteiger partial charge is 0.265 e. The molecule has 2 N–H and O–H groups in total. The average molecular weight is 226 g/mol. The lowest BCUT2D eigenvalue weighted by molar-refractivity contribution is 0.331. The van der Waals surface area contributed by atoms with Gasteiger partial charge in [0.05, 0.1) is 0 Å². The standard InChI is InChI=1S/C11H22N4O/c1-8(2)5-9(7-12)6-10-13-11(14-16-10)15(3)4/h8-9H,5-7,12H2,1-4H3. The lowest BCUT2D eigenvalue weighted by Gasteiger charge is -2.14. The summed E-state index contributed by atoms with van der Waals surface area (Å²) in [7, 11) is 3.78. The summed E-state index contributed by atoms with van der Waals surface area (Å²) in [5.41, 5.74) is 5.74. The van der Waals surface area contributed by atoms with Gasteiger partial charge in [-0.3, -0.25) is 0 Å². The van der Waals surface area contributed by atoms with Gasteiger partial charge in [-0.1, -0.05) is 13.8 Å². The molecule has 0 radical (unpaired) electrons. The van der Waals surface area contributed by atoms with Gasteiger partial charge in [0.15, 0.2) is 0 Å². The van der Waals surface area contributed by atoms with Gasteiger partial charge in [0.25, 0.3) is 5.95 Å². The summed E-state index contributed by atoms with van der Waals surface area (Å²) in [6, 6.07) is 0. The Balaban J connectivity index is 2.56. The van der Waals surface area contributed by atoms with Gasteiger partial charge in [0.1, 0.15) is 0 Å². The van der Waals surface area contributed by atoms with Crippen molar-refractivity contribution >= 4 is 5.95 Å². The topological polar surface area (TPSA) is 68.2 Å². The second-order valence-corrected chi connectivity index (χ2v) is 4.82. The van der Waals surface area contributed by atoms with Crippen LogP contribution in [0, 0.1) is 11.8 Å². The minimum Gasteiger partial charge on any atom is -0.344 e. The molecule has 0 amide bonds. The van der Waals surface area contributed by atoms with E-state index in [1.54, 1.807) is 0 Å². The van der Waals surface area contributed by atoms with Crippen molar-refractivity contribution in [3.63, 3.8) is 0 Å². The Bertz CT molecular complexity index is 309. The van der Waals surface area contributed by atoms with Crippen LogP contribution in [0.4, 0.5) is 5.95 Å². The number of aromatic nitrogens is 2. The Kier molecular flexibility index (Phi) is 4.73. The molecule has 5 nitrogen and oxygen atoms in total. The maximum Gasteiger partial charge on any atom is 0.265 e. The van der Waals surface area contributed by atoms with Crippen LogP contribution in [0.25, 0.3) is 0 Å². The Morgan fingerprint density at radius 1 is 1.38 bits per heavy atom. The highest BCUT2D eigenvalue weighted by Gasteiger charge is 2.15. The highest BCUT2D eigenvalue weighted by atomic mass is 16.5. The van der Waals surface area contributed by atoms with Crippen molar-refractivity contribution in [3.8, 4) is 0 Å². The van der Waals surface area contributed by atoms with Crippen molar-refractivity contribution in [2.24, 2.45) is 17.6 Å². The highest BCUT2D eigenvalue weighted by molar-refractivity contribution is 5.23. The fraction of sp³-hybridized carbons (Fsp3) is 0.818. The number of anilines is 1. The number of hydrogen-bond acceptors (Lipinski definition) is 5. The molecular weight excluding hydrogens is 204 g/mol. The van der Waals surface area contributed by atoms with Crippen molar-refractivity contribution in [2.75, 3.05) is 25.5 Å². The number of nitrogens with zero attached hydrogens (tertiary/aromatic N) is 3. The van der Waals surface area contributed by atoms with Crippen LogP contribution in [0.3, 0.4) is 0 Å². The third-order valence-electron chi connectivity index (χ3n) is 2.46. The molecule has 0 aliphatic rings. The number of rotatable bonds is 6. The van der Waals surface area contributed by atoms with E-state index in [0.717, 1.165) is 12.8 Å². The molecule has 92 valence electrons. The maximum absolute atomic E-state index is 5.74. The molecular formula is C11H22N4O. The molecule has 1 aromatic heterocycles. The van der Waals surface area contributed by atoms with Crippen molar-refractivity contribution in [1.82, 2.24) is 10.1 Å². The normalized spacial score (nSPS) is 13.1. The maximum atomic E-state index is 5.74. The first-order valence-electron chi connectivity index (χ1n) is 5.73. The van der Waals surface area contributed by atoms with Gasteiger partial charge >= 0.3 is 0 Å². The van der Waals surface area contributed by atoms with Gasteiger partial charge in [-0.05, 0) is 30.0 Å². The molecule has 0 saturated heterocycles. The zero-order chi connectivity index (χ0) is 12.1. The first-order chi connectivity index (χ1) is 7.52. The quantitative estimate of drug-likeness (QED) is 0.791. The second kappa shape index (κ2) is 5.84. The molecule has 0 spiro atoms. The average Bonchev–Trinajstić information content (AvgIpc) is 2.64. The fourth-order valence-electron chi connectivity index (χ4n) is 1.69. The summed E-state index contributed by atoms with van der Waals surface area (Å²) in [4.78, 5) is 6.12. The Morgan fingerprint density at radius 2 is 2.06 bits per heavy atom. The Hall–Kier alpha value is -1.10. The SMILES string of the molecule is CC(C)CC(CN)Cc1nc(N(C)C)no1. The zero-order valence-electron chi connectivity index (χ0n) is 10.6. The van der Waals surface area contributed by atoms with E-state index in [9.17, 15) is 0 Å². The first kappa shape index (κ1) is 13.0. The van der Waals surface area contributed by atoms with Gasteiger partial charge in [-0.25, -0.2) is 0 Å². The molecule has 1 atom stereocenters. The molecule has 16 heavy (non-hydrogen) atoms. The minimum atomic E-state index is 0.426. The third kappa shape index (κ3) is 3.81. The molecule has 1 rings (SSSR count). The second-order valence-electron chi connectivity index (χ2n) is 4.82. The monoisotopic (exact) mass is 226 g/mol. The molecule has 0 saturated carbocycles. The summed E-state index contributed by atoms with van der Waals surface area (Å²) in [5.74, 6) is 2.37. The van der Waals surface area contributed by atoms with Crippen LogP contribution in [-0.4, -0.2) is 30.8 Å². The molecule has 1 unspecified atom stereocenters. The van der Waals surface area contributed by atoms with Crippen LogP contribution in [0.15, 0.2) is 4.52 Å². The van der Waals surface area contributed by atoms with Gasteiger partial charge in [0, 0.05) is 20.5 Å². The molecule has 0 bridgehead atoms. The van der Waals surface area contributed by atoms with Crippen LogP contribution in [-0.2, 0) is 6.42 Å². The molecule has 5 heteroatoms. The summed E-state index contributed by atoms with van der Waals surface area (Å²) in [6.07, 6.45) is 1.87. The van der Waals surface area contributed by atoms with Crippen LogP contribution < -0.4 is 10.6 Å². The summed E-state index contributed by atoms with van der Waals surface area (Å²) in [6.45, 7) is 5.06. The molecule has 1 aromatic rings. The van der Waals surface area contributed by atoms with Crippen molar-refractivity contribution < 1.29 is 4.52 Å². The largest absolute Gasteiger partial charge is 0.344 e. The van der Waals surface area contributed by atoms with Crippen molar-refractivity contribution in [2.45, 2.75) is 26.7 Å². The number of nitrogens with two attached hydrogens (primary N) is 1. The highest BCUT2D eigenvalue weighted by Crippen LogP contribution is 2.16. The van der Waals surface area contributed by atoms with Gasteiger partial charge in [-0.15, -0.1) is 0 Å². The minimum absolute atomic E-state index is 0.426. The van der Waals surface area contributed by atoms with E-state index in [1.165, 1.54) is 0 Å². The summed E-state index contributed by atoms with van der Waals surface area (Å²) >= 11 is 0. The van der Waals surface area contributed by atoms with E-state index >= 15 is 0 Å². The molecule has 0 aliphatic heterocycles.